The maximum absolute atomic E-state index is 5.60. The van der Waals surface area contributed by atoms with Crippen LogP contribution >= 0.6 is 0 Å². The summed E-state index contributed by atoms with van der Waals surface area (Å²) in [7, 11) is 3.22. The van der Waals surface area contributed by atoms with Crippen molar-refractivity contribution in [2.75, 3.05) is 34.0 Å². The molecule has 108 valence electrons. The van der Waals surface area contributed by atoms with Gasteiger partial charge in [-0.15, -0.1) is 0 Å². The highest BCUT2D eigenvalue weighted by atomic mass is 16.7. The van der Waals surface area contributed by atoms with Gasteiger partial charge in [0.15, 0.2) is 6.29 Å². The Morgan fingerprint density at radius 1 is 0.895 bits per heavy atom. The monoisotopic (exact) mass is 268 g/mol. The molecule has 0 heterocycles. The van der Waals surface area contributed by atoms with Crippen molar-refractivity contribution < 1.29 is 18.9 Å². The normalized spacial score (nSPS) is 10.9. The zero-order valence-electron chi connectivity index (χ0n) is 11.8. The first kappa shape index (κ1) is 16.0. The van der Waals surface area contributed by atoms with Gasteiger partial charge in [0, 0.05) is 20.8 Å². The van der Waals surface area contributed by atoms with E-state index < -0.39 is 0 Å². The molecule has 1 rings (SSSR count). The van der Waals surface area contributed by atoms with Crippen molar-refractivity contribution in [1.29, 1.82) is 0 Å². The Kier molecular flexibility index (Phi) is 9.06. The number of methoxy groups -OCH3 is 2. The average Bonchev–Trinajstić information content (AvgIpc) is 2.47. The minimum Gasteiger partial charge on any atom is -0.494 e. The summed E-state index contributed by atoms with van der Waals surface area (Å²) in [6.07, 6.45) is 2.90. The molecule has 0 N–H and O–H groups in total. The smallest absolute Gasteiger partial charge is 0.180 e. The first-order valence-electron chi connectivity index (χ1n) is 6.68. The summed E-state index contributed by atoms with van der Waals surface area (Å²) in [5.74, 6) is 0.932. The SMILES string of the molecule is COC(COCCCCCOc1ccccc1)OC. The predicted octanol–water partition coefficient (Wildman–Crippen LogP) is 2.87. The van der Waals surface area contributed by atoms with Gasteiger partial charge in [-0.2, -0.15) is 0 Å². The molecule has 1 aromatic rings. The predicted molar refractivity (Wildman–Crippen MR) is 74.4 cm³/mol. The van der Waals surface area contributed by atoms with Gasteiger partial charge in [-0.25, -0.2) is 0 Å². The van der Waals surface area contributed by atoms with E-state index in [4.69, 9.17) is 18.9 Å². The number of hydrogen-bond acceptors (Lipinski definition) is 4. The van der Waals surface area contributed by atoms with E-state index in [2.05, 4.69) is 0 Å². The molecule has 0 fully saturated rings. The van der Waals surface area contributed by atoms with Gasteiger partial charge in [-0.05, 0) is 31.4 Å². The zero-order valence-corrected chi connectivity index (χ0v) is 11.8. The highest BCUT2D eigenvalue weighted by Gasteiger charge is 2.03. The van der Waals surface area contributed by atoms with E-state index >= 15 is 0 Å². The van der Waals surface area contributed by atoms with Gasteiger partial charge in [0.25, 0.3) is 0 Å². The van der Waals surface area contributed by atoms with Crippen molar-refractivity contribution in [3.8, 4) is 5.75 Å². The van der Waals surface area contributed by atoms with Crippen molar-refractivity contribution >= 4 is 0 Å². The molecule has 4 heteroatoms. The summed E-state index contributed by atoms with van der Waals surface area (Å²) in [6.45, 7) is 1.96. The Labute approximate surface area is 115 Å². The van der Waals surface area contributed by atoms with Crippen LogP contribution in [0.2, 0.25) is 0 Å². The second kappa shape index (κ2) is 10.8. The minimum atomic E-state index is -0.263. The average molecular weight is 268 g/mol. The van der Waals surface area contributed by atoms with Gasteiger partial charge in [-0.1, -0.05) is 18.2 Å². The first-order chi connectivity index (χ1) is 9.36. The molecule has 0 aliphatic rings. The third-order valence-corrected chi connectivity index (χ3v) is 2.72. The van der Waals surface area contributed by atoms with Crippen LogP contribution in [-0.2, 0) is 14.2 Å². The van der Waals surface area contributed by atoms with E-state index in [1.807, 2.05) is 30.3 Å². The second-order valence-electron chi connectivity index (χ2n) is 4.20. The maximum atomic E-state index is 5.60. The lowest BCUT2D eigenvalue weighted by molar-refractivity contribution is -0.140. The van der Waals surface area contributed by atoms with E-state index in [0.29, 0.717) is 6.61 Å². The third kappa shape index (κ3) is 7.82. The van der Waals surface area contributed by atoms with E-state index in [1.165, 1.54) is 0 Å². The number of benzene rings is 1. The van der Waals surface area contributed by atoms with Crippen molar-refractivity contribution in [3.63, 3.8) is 0 Å². The van der Waals surface area contributed by atoms with Crippen LogP contribution in [0.25, 0.3) is 0 Å². The molecule has 4 nitrogen and oxygen atoms in total. The second-order valence-corrected chi connectivity index (χ2v) is 4.20. The summed E-state index contributed by atoms with van der Waals surface area (Å²) in [6, 6.07) is 9.88. The fraction of sp³-hybridized carbons (Fsp3) is 0.600. The van der Waals surface area contributed by atoms with Crippen LogP contribution in [0.1, 0.15) is 19.3 Å². The lowest BCUT2D eigenvalue weighted by Gasteiger charge is -2.13. The fourth-order valence-electron chi connectivity index (χ4n) is 1.60. The highest BCUT2D eigenvalue weighted by molar-refractivity contribution is 5.20. The van der Waals surface area contributed by atoms with E-state index in [0.717, 1.165) is 38.2 Å². The molecule has 0 atom stereocenters. The molecule has 0 aliphatic heterocycles. The summed E-state index contributed by atoms with van der Waals surface area (Å²) < 4.78 is 21.1. The van der Waals surface area contributed by atoms with Crippen LogP contribution in [0.5, 0.6) is 5.75 Å². The van der Waals surface area contributed by atoms with E-state index in [-0.39, 0.29) is 6.29 Å². The Bertz CT molecular complexity index is 298. The quantitative estimate of drug-likeness (QED) is 0.457. The van der Waals surface area contributed by atoms with Gasteiger partial charge >= 0.3 is 0 Å². The molecule has 0 bridgehead atoms. The molecule has 0 saturated heterocycles. The summed E-state index contributed by atoms with van der Waals surface area (Å²) in [4.78, 5) is 0. The molecule has 0 radical (unpaired) electrons. The van der Waals surface area contributed by atoms with Gasteiger partial charge in [0.2, 0.25) is 0 Å². The fourth-order valence-corrected chi connectivity index (χ4v) is 1.60. The van der Waals surface area contributed by atoms with Crippen LogP contribution in [0.4, 0.5) is 0 Å². The van der Waals surface area contributed by atoms with Crippen LogP contribution in [0.3, 0.4) is 0 Å². The Balaban J connectivity index is 1.89. The molecule has 0 aliphatic carbocycles. The number of hydrogen-bond donors (Lipinski definition) is 0. The van der Waals surface area contributed by atoms with E-state index in [9.17, 15) is 0 Å². The molecule has 0 amide bonds. The minimum absolute atomic E-state index is 0.263. The molecule has 0 spiro atoms. The largest absolute Gasteiger partial charge is 0.494 e. The number of para-hydroxylation sites is 1. The third-order valence-electron chi connectivity index (χ3n) is 2.72. The molecule has 0 saturated carbocycles. The summed E-state index contributed by atoms with van der Waals surface area (Å²) in [5.41, 5.74) is 0. The lowest BCUT2D eigenvalue weighted by atomic mass is 10.2. The molecule has 0 unspecified atom stereocenters. The topological polar surface area (TPSA) is 36.9 Å². The van der Waals surface area contributed by atoms with Crippen LogP contribution in [0, 0.1) is 0 Å². The van der Waals surface area contributed by atoms with Crippen LogP contribution in [-0.4, -0.2) is 40.3 Å². The van der Waals surface area contributed by atoms with Gasteiger partial charge in [0.1, 0.15) is 5.75 Å². The van der Waals surface area contributed by atoms with Gasteiger partial charge in [-0.3, -0.25) is 0 Å². The Morgan fingerprint density at radius 3 is 2.26 bits per heavy atom. The van der Waals surface area contributed by atoms with Crippen molar-refractivity contribution in [2.24, 2.45) is 0 Å². The number of unbranched alkanes of at least 4 members (excludes halogenated alkanes) is 2. The molecule has 0 aromatic heterocycles. The van der Waals surface area contributed by atoms with E-state index in [1.54, 1.807) is 14.2 Å². The number of rotatable bonds is 11. The standard InChI is InChI=1S/C15H24O4/c1-16-15(17-2)13-18-11-7-4-8-12-19-14-9-5-3-6-10-14/h3,5-6,9-10,15H,4,7-8,11-13H2,1-2H3. The molecular weight excluding hydrogens is 244 g/mol. The summed E-state index contributed by atoms with van der Waals surface area (Å²) >= 11 is 0. The summed E-state index contributed by atoms with van der Waals surface area (Å²) in [5, 5.41) is 0. The first-order valence-corrected chi connectivity index (χ1v) is 6.68. The maximum Gasteiger partial charge on any atom is 0.180 e. The highest BCUT2D eigenvalue weighted by Crippen LogP contribution is 2.09. The van der Waals surface area contributed by atoms with Crippen LogP contribution in [0.15, 0.2) is 30.3 Å². The Hall–Kier alpha value is -1.10. The van der Waals surface area contributed by atoms with Crippen molar-refractivity contribution in [3.05, 3.63) is 30.3 Å². The van der Waals surface area contributed by atoms with Gasteiger partial charge in [0.05, 0.1) is 13.2 Å². The van der Waals surface area contributed by atoms with Crippen molar-refractivity contribution in [1.82, 2.24) is 0 Å². The molecule has 1 aromatic carbocycles. The van der Waals surface area contributed by atoms with Crippen LogP contribution < -0.4 is 4.74 Å². The van der Waals surface area contributed by atoms with Crippen molar-refractivity contribution in [2.45, 2.75) is 25.6 Å². The zero-order chi connectivity index (χ0) is 13.8. The molecule has 19 heavy (non-hydrogen) atoms. The lowest BCUT2D eigenvalue weighted by Crippen LogP contribution is -2.20. The molecular formula is C15H24O4. The Morgan fingerprint density at radius 2 is 1.58 bits per heavy atom. The van der Waals surface area contributed by atoms with Gasteiger partial charge < -0.3 is 18.9 Å². The number of ether oxygens (including phenoxy) is 4.